The second-order valence-corrected chi connectivity index (χ2v) is 26.3. The van der Waals surface area contributed by atoms with Crippen molar-refractivity contribution in [1.82, 2.24) is 0 Å². The van der Waals surface area contributed by atoms with Crippen molar-refractivity contribution in [2.75, 3.05) is 26.2 Å². The summed E-state index contributed by atoms with van der Waals surface area (Å²) in [5.74, 6) is 0. The molecule has 7 nitrogen and oxygen atoms in total. The summed E-state index contributed by atoms with van der Waals surface area (Å²) >= 11 is 0. The fraction of sp³-hybridized carbons (Fsp3) is 0.0505. The summed E-state index contributed by atoms with van der Waals surface area (Å²) in [4.78, 5) is 9.06. The zero-order chi connectivity index (χ0) is 72.3. The molecule has 0 aliphatic carbocycles. The number of nitrogens with zero attached hydrogens (tertiary/aromatic N) is 4. The van der Waals surface area contributed by atoms with E-state index in [0.29, 0.717) is 12.8 Å². The van der Waals surface area contributed by atoms with Crippen LogP contribution < -0.4 is 19.6 Å². The van der Waals surface area contributed by atoms with E-state index in [1.54, 1.807) is 0 Å². The smallest absolute Gasteiger partial charge is 0.402 e. The third kappa shape index (κ3) is 15.7. The molecule has 0 aromatic heterocycles. The summed E-state index contributed by atoms with van der Waals surface area (Å²) < 4.78 is 14.2. The van der Waals surface area contributed by atoms with Gasteiger partial charge in [-0.15, -0.1) is 0 Å². The average molecular weight is 1390 g/mol. The van der Waals surface area contributed by atoms with Gasteiger partial charge in [-0.05, 0) is 209 Å². The summed E-state index contributed by atoms with van der Waals surface area (Å²) in [6.45, 7) is 0.174. The summed E-state index contributed by atoms with van der Waals surface area (Å²) in [7, 11) is -1.73. The van der Waals surface area contributed by atoms with Crippen LogP contribution in [0, 0.1) is 0 Å². The van der Waals surface area contributed by atoms with Crippen LogP contribution in [0.25, 0.3) is 5.57 Å². The van der Waals surface area contributed by atoms with Gasteiger partial charge in [-0.1, -0.05) is 297 Å². The highest BCUT2D eigenvalue weighted by Crippen LogP contribution is 2.46. The minimum Gasteiger partial charge on any atom is -0.402 e. The fourth-order valence-electron chi connectivity index (χ4n) is 14.7. The lowest BCUT2D eigenvalue weighted by atomic mass is 9.67. The minimum atomic E-state index is -1.73. The Morgan fingerprint density at radius 1 is 0.271 bits per heavy atom. The first-order valence-corrected chi connectivity index (χ1v) is 36.6. The lowest BCUT2D eigenvalue weighted by Crippen LogP contribution is -2.38. The van der Waals surface area contributed by atoms with Crippen molar-refractivity contribution >= 4 is 81.1 Å². The first-order chi connectivity index (χ1) is 53.0. The van der Waals surface area contributed by atoms with E-state index in [4.69, 9.17) is 9.31 Å². The van der Waals surface area contributed by atoms with Crippen molar-refractivity contribution in [3.63, 3.8) is 0 Å². The van der Waals surface area contributed by atoms with Crippen LogP contribution in [0.4, 0.5) is 68.2 Å². The van der Waals surface area contributed by atoms with Gasteiger partial charge in [0.05, 0.1) is 0 Å². The summed E-state index contributed by atoms with van der Waals surface area (Å²) in [6, 6.07) is 150. The van der Waals surface area contributed by atoms with E-state index in [-0.39, 0.29) is 6.61 Å². The van der Waals surface area contributed by atoms with Gasteiger partial charge in [0.15, 0.2) is 0 Å². The van der Waals surface area contributed by atoms with Crippen molar-refractivity contribution < 1.29 is 14.3 Å². The second-order valence-electron chi connectivity index (χ2n) is 26.3. The van der Waals surface area contributed by atoms with Gasteiger partial charge in [-0.25, -0.2) is 0 Å². The molecule has 15 aromatic carbocycles. The number of anilines is 12. The summed E-state index contributed by atoms with van der Waals surface area (Å²) in [5.41, 5.74) is 18.0. The lowest BCUT2D eigenvalue weighted by Gasteiger charge is -2.36. The van der Waals surface area contributed by atoms with Crippen molar-refractivity contribution in [2.45, 2.75) is 23.9 Å². The van der Waals surface area contributed by atoms with E-state index in [2.05, 4.69) is 444 Å². The molecule has 0 saturated carbocycles. The molecule has 15 aromatic rings. The van der Waals surface area contributed by atoms with Crippen LogP contribution in [0.5, 0.6) is 0 Å². The highest BCUT2D eigenvalue weighted by atomic mass is 16.7. The largest absolute Gasteiger partial charge is 0.637 e. The Bertz CT molecular complexity index is 4760. The predicted molar refractivity (Wildman–Crippen MR) is 445 cm³/mol. The molecule has 0 spiro atoms. The Labute approximate surface area is 629 Å². The first kappa shape index (κ1) is 69.6. The molecule has 0 atom stereocenters. The predicted octanol–water partition coefficient (Wildman–Crippen LogP) is 25.3. The number of rotatable bonds is 28. The maximum absolute atomic E-state index is 13.0. The topological polar surface area (TPSA) is 51.7 Å². The maximum Gasteiger partial charge on any atom is 0.637 e. The highest BCUT2D eigenvalue weighted by Gasteiger charge is 2.40. The Kier molecular flexibility index (Phi) is 21.9. The number of benzene rings is 15. The molecule has 8 heteroatoms. The van der Waals surface area contributed by atoms with Crippen LogP contribution in [-0.2, 0) is 20.3 Å². The molecule has 0 radical (unpaired) electrons. The molecule has 0 saturated heterocycles. The van der Waals surface area contributed by atoms with Crippen LogP contribution in [-0.4, -0.2) is 19.0 Å². The molecule has 0 unspecified atom stereocenters. The van der Waals surface area contributed by atoms with Gasteiger partial charge in [0.2, 0.25) is 0 Å². The van der Waals surface area contributed by atoms with Gasteiger partial charge in [0.1, 0.15) is 5.60 Å². The van der Waals surface area contributed by atoms with Crippen LogP contribution in [0.1, 0.15) is 51.8 Å². The Hall–Kier alpha value is -13.1. The molecule has 0 amide bonds. The lowest BCUT2D eigenvalue weighted by molar-refractivity contribution is 0.0598. The molecule has 0 bridgehead atoms. The van der Waals surface area contributed by atoms with Crippen molar-refractivity contribution in [2.24, 2.45) is 0 Å². The number of allylic oxidation sites excluding steroid dienone is 2. The maximum atomic E-state index is 13.0. The molecule has 0 aliphatic heterocycles. The van der Waals surface area contributed by atoms with Gasteiger partial charge in [0, 0.05) is 80.3 Å². The molecule has 107 heavy (non-hydrogen) atoms. The zero-order valence-corrected chi connectivity index (χ0v) is 59.5. The van der Waals surface area contributed by atoms with E-state index in [1.165, 1.54) is 16.7 Å². The van der Waals surface area contributed by atoms with E-state index >= 15 is 0 Å². The zero-order valence-electron chi connectivity index (χ0n) is 59.5. The van der Waals surface area contributed by atoms with Gasteiger partial charge < -0.3 is 33.9 Å². The van der Waals surface area contributed by atoms with Crippen LogP contribution in [0.15, 0.2) is 449 Å². The van der Waals surface area contributed by atoms with E-state index in [1.807, 2.05) is 24.3 Å². The number of hydrogen-bond acceptors (Lipinski definition) is 7. The second kappa shape index (κ2) is 33.6. The molecule has 0 heterocycles. The Morgan fingerprint density at radius 3 is 0.748 bits per heavy atom. The van der Waals surface area contributed by atoms with Crippen LogP contribution in [0.2, 0.25) is 0 Å². The monoisotopic (exact) mass is 1380 g/mol. The Morgan fingerprint density at radius 2 is 0.495 bits per heavy atom. The molecule has 15 rings (SSSR count). The van der Waals surface area contributed by atoms with Gasteiger partial charge in [-0.3, -0.25) is 0 Å². The molecular weight excluding hydrogens is 1300 g/mol. The number of para-hydroxylation sites is 8. The van der Waals surface area contributed by atoms with Gasteiger partial charge in [0.25, 0.3) is 0 Å². The fourth-order valence-corrected chi connectivity index (χ4v) is 14.7. The first-order valence-electron chi connectivity index (χ1n) is 36.6. The number of hydrogen-bond donors (Lipinski definition) is 1. The quantitative estimate of drug-likeness (QED) is 0.0227. The van der Waals surface area contributed by atoms with Crippen LogP contribution in [0.3, 0.4) is 0 Å². The molecular formula is C99H81BN4O3. The highest BCUT2D eigenvalue weighted by molar-refractivity contribution is 6.34. The molecule has 0 fully saturated rings. The van der Waals surface area contributed by atoms with E-state index in [9.17, 15) is 5.02 Å². The third-order valence-electron chi connectivity index (χ3n) is 19.7. The van der Waals surface area contributed by atoms with Crippen molar-refractivity contribution in [3.8, 4) is 0 Å². The van der Waals surface area contributed by atoms with E-state index < -0.39 is 18.3 Å². The van der Waals surface area contributed by atoms with Crippen LogP contribution >= 0.6 is 0 Å². The van der Waals surface area contributed by atoms with Gasteiger partial charge in [-0.2, -0.15) is 0 Å². The Balaban J connectivity index is 0.886. The molecule has 1 N–H and O–H groups in total. The average Bonchev–Trinajstić information content (AvgIpc) is 0.757. The third-order valence-corrected chi connectivity index (χ3v) is 19.7. The molecule has 0 aliphatic rings. The standard InChI is InChI=1S/C99H81BN4O3/c105-100(106-77-35-75-98(80-36-12-1-13-37-80,81-38-14-2-15-39-81)82-40-16-3-17-41-82)107-99(83-63-71-95(72-64-83)103(89-50-26-8-27-51-89)90-52-28-9-29-53-90,84-65-73-96(74-66-84)104(91-54-30-10-31-55-91)92-56-32-11-33-57-92)76-34-58-97(78-59-67-93(68-60-78)101(85-42-18-4-19-43-85)86-44-20-5-21-45-86)79-61-69-94(70-62-79)102(87-46-22-6-23-47-87)88-48-24-7-25-49-88/h1-34,36-74,76,105H,35,75,77H2. The summed E-state index contributed by atoms with van der Waals surface area (Å²) in [6.07, 6.45) is 7.58. The normalized spacial score (nSPS) is 11.4. The SMILES string of the molecule is OB(OCCCC(c1ccccc1)(c1ccccc1)c1ccccc1)OC(C=CC=C(c1ccc(N(c2ccccc2)c2ccccc2)cc1)c1ccc(N(c2ccccc2)c2ccccc2)cc1)(c1ccc(N(c2ccccc2)c2ccccc2)cc1)c1ccc(N(c2ccccc2)c2ccccc2)cc1. The van der Waals surface area contributed by atoms with Crippen molar-refractivity contribution in [3.05, 3.63) is 488 Å². The van der Waals surface area contributed by atoms with Gasteiger partial charge >= 0.3 is 7.32 Å². The van der Waals surface area contributed by atoms with Crippen molar-refractivity contribution in [1.29, 1.82) is 0 Å². The summed E-state index contributed by atoms with van der Waals surface area (Å²) in [5, 5.41) is 13.0. The van der Waals surface area contributed by atoms with E-state index in [0.717, 1.165) is 96.1 Å². The molecule has 518 valence electrons. The minimum absolute atomic E-state index is 0.174.